The zero-order valence-corrected chi connectivity index (χ0v) is 15.2. The van der Waals surface area contributed by atoms with Crippen LogP contribution in [0, 0.1) is 13.8 Å². The van der Waals surface area contributed by atoms with Crippen molar-refractivity contribution in [1.29, 1.82) is 0 Å². The van der Waals surface area contributed by atoms with Gasteiger partial charge < -0.3 is 10.1 Å². The van der Waals surface area contributed by atoms with Crippen molar-refractivity contribution in [2.45, 2.75) is 33.8 Å². The van der Waals surface area contributed by atoms with E-state index in [4.69, 9.17) is 4.74 Å². The van der Waals surface area contributed by atoms with E-state index in [-0.39, 0.29) is 6.10 Å². The molecule has 0 fully saturated rings. The van der Waals surface area contributed by atoms with Crippen LogP contribution >= 0.6 is 0 Å². The number of aromatic nitrogens is 4. The van der Waals surface area contributed by atoms with Crippen LogP contribution in [0.4, 0.5) is 11.6 Å². The zero-order chi connectivity index (χ0) is 18.0. The Bertz CT molecular complexity index is 885. The highest BCUT2D eigenvalue weighted by Crippen LogP contribution is 2.28. The van der Waals surface area contributed by atoms with Crippen LogP contribution < -0.4 is 10.1 Å². The Morgan fingerprint density at radius 3 is 2.56 bits per heavy atom. The summed E-state index contributed by atoms with van der Waals surface area (Å²) in [5.41, 5.74) is 4.91. The van der Waals surface area contributed by atoms with E-state index in [9.17, 15) is 0 Å². The van der Waals surface area contributed by atoms with E-state index in [1.807, 2.05) is 59.3 Å². The third-order valence-electron chi connectivity index (χ3n) is 3.74. The van der Waals surface area contributed by atoms with E-state index >= 15 is 0 Å². The van der Waals surface area contributed by atoms with Crippen LogP contribution in [0.5, 0.6) is 5.75 Å². The van der Waals surface area contributed by atoms with Crippen molar-refractivity contribution in [1.82, 2.24) is 19.7 Å². The SMILES string of the molecule is Cc1cc(-c2nc(Nc3cnn(C)c3)ncc2C)ccc1OC(C)C. The van der Waals surface area contributed by atoms with Gasteiger partial charge in [0.05, 0.1) is 23.7 Å². The first kappa shape index (κ1) is 17.0. The Hall–Kier alpha value is -2.89. The van der Waals surface area contributed by atoms with Crippen LogP contribution in [0.25, 0.3) is 11.3 Å². The lowest BCUT2D eigenvalue weighted by Gasteiger charge is -2.14. The predicted molar refractivity (Wildman–Crippen MR) is 99.2 cm³/mol. The molecule has 0 radical (unpaired) electrons. The molecule has 25 heavy (non-hydrogen) atoms. The van der Waals surface area contributed by atoms with Gasteiger partial charge in [-0.3, -0.25) is 4.68 Å². The molecule has 0 unspecified atom stereocenters. The normalized spacial score (nSPS) is 11.0. The molecule has 0 bridgehead atoms. The molecule has 2 aromatic heterocycles. The van der Waals surface area contributed by atoms with Crippen molar-refractivity contribution in [3.63, 3.8) is 0 Å². The molecule has 130 valence electrons. The van der Waals surface area contributed by atoms with E-state index in [0.717, 1.165) is 33.8 Å². The van der Waals surface area contributed by atoms with Crippen molar-refractivity contribution >= 4 is 11.6 Å². The van der Waals surface area contributed by atoms with Crippen molar-refractivity contribution in [2.75, 3.05) is 5.32 Å². The van der Waals surface area contributed by atoms with Crippen LogP contribution in [0.2, 0.25) is 0 Å². The van der Waals surface area contributed by atoms with Gasteiger partial charge in [-0.1, -0.05) is 0 Å². The number of nitrogens with one attached hydrogen (secondary N) is 1. The van der Waals surface area contributed by atoms with Crippen LogP contribution in [0.1, 0.15) is 25.0 Å². The number of rotatable bonds is 5. The number of ether oxygens (including phenoxy) is 1. The van der Waals surface area contributed by atoms with Gasteiger partial charge in [0.25, 0.3) is 0 Å². The molecule has 0 saturated heterocycles. The van der Waals surface area contributed by atoms with E-state index < -0.39 is 0 Å². The van der Waals surface area contributed by atoms with Gasteiger partial charge in [0.2, 0.25) is 5.95 Å². The summed E-state index contributed by atoms with van der Waals surface area (Å²) in [6, 6.07) is 6.13. The standard InChI is InChI=1S/C19H23N5O/c1-12(2)25-17-7-6-15(8-13(17)3)18-14(4)9-20-19(23-18)22-16-10-21-24(5)11-16/h6-12H,1-5H3,(H,20,22,23). The molecular weight excluding hydrogens is 314 g/mol. The van der Waals surface area contributed by atoms with Gasteiger partial charge in [-0.15, -0.1) is 0 Å². The summed E-state index contributed by atoms with van der Waals surface area (Å²) < 4.78 is 7.55. The third kappa shape index (κ3) is 3.96. The van der Waals surface area contributed by atoms with Gasteiger partial charge in [-0.25, -0.2) is 9.97 Å². The quantitative estimate of drug-likeness (QED) is 0.761. The summed E-state index contributed by atoms with van der Waals surface area (Å²) >= 11 is 0. The Labute approximate surface area is 147 Å². The fourth-order valence-corrected chi connectivity index (χ4v) is 2.59. The van der Waals surface area contributed by atoms with Crippen LogP contribution in [-0.2, 0) is 7.05 Å². The molecular formula is C19H23N5O. The van der Waals surface area contributed by atoms with E-state index in [1.165, 1.54) is 0 Å². The fraction of sp³-hybridized carbons (Fsp3) is 0.316. The first-order valence-electron chi connectivity index (χ1n) is 8.29. The van der Waals surface area contributed by atoms with Crippen molar-refractivity contribution in [3.8, 4) is 17.0 Å². The van der Waals surface area contributed by atoms with E-state index in [0.29, 0.717) is 5.95 Å². The Balaban J connectivity index is 1.91. The largest absolute Gasteiger partial charge is 0.491 e. The fourth-order valence-electron chi connectivity index (χ4n) is 2.59. The Morgan fingerprint density at radius 2 is 1.92 bits per heavy atom. The predicted octanol–water partition coefficient (Wildman–Crippen LogP) is 4.02. The topological polar surface area (TPSA) is 64.9 Å². The number of hydrogen-bond donors (Lipinski definition) is 1. The van der Waals surface area contributed by atoms with Crippen LogP contribution in [0.3, 0.4) is 0 Å². The molecule has 0 saturated carbocycles. The lowest BCUT2D eigenvalue weighted by Crippen LogP contribution is -2.06. The second-order valence-corrected chi connectivity index (χ2v) is 6.40. The first-order chi connectivity index (χ1) is 11.9. The van der Waals surface area contributed by atoms with Crippen molar-refractivity contribution < 1.29 is 4.74 Å². The molecule has 6 nitrogen and oxygen atoms in total. The molecule has 0 aliphatic rings. The molecule has 0 amide bonds. The molecule has 1 aromatic carbocycles. The lowest BCUT2D eigenvalue weighted by atomic mass is 10.0. The maximum atomic E-state index is 5.82. The summed E-state index contributed by atoms with van der Waals surface area (Å²) in [6.45, 7) is 8.11. The minimum Gasteiger partial charge on any atom is -0.491 e. The number of aryl methyl sites for hydroxylation is 3. The molecule has 0 aliphatic heterocycles. The maximum Gasteiger partial charge on any atom is 0.227 e. The first-order valence-corrected chi connectivity index (χ1v) is 8.29. The van der Waals surface area contributed by atoms with Gasteiger partial charge in [0, 0.05) is 25.0 Å². The molecule has 3 aromatic rings. The minimum absolute atomic E-state index is 0.153. The monoisotopic (exact) mass is 337 g/mol. The van der Waals surface area contributed by atoms with Gasteiger partial charge in [0.15, 0.2) is 0 Å². The summed E-state index contributed by atoms with van der Waals surface area (Å²) in [6.07, 6.45) is 5.60. The van der Waals surface area contributed by atoms with Crippen molar-refractivity contribution in [3.05, 3.63) is 47.9 Å². The second kappa shape index (κ2) is 6.93. The van der Waals surface area contributed by atoms with Gasteiger partial charge in [-0.05, 0) is 57.0 Å². The zero-order valence-electron chi connectivity index (χ0n) is 15.2. The molecule has 1 N–H and O–H groups in total. The van der Waals surface area contributed by atoms with Crippen LogP contribution in [0.15, 0.2) is 36.8 Å². The number of nitrogens with zero attached hydrogens (tertiary/aromatic N) is 4. The summed E-state index contributed by atoms with van der Waals surface area (Å²) in [4.78, 5) is 9.04. The highest BCUT2D eigenvalue weighted by molar-refractivity contribution is 5.66. The second-order valence-electron chi connectivity index (χ2n) is 6.40. The Morgan fingerprint density at radius 1 is 1.12 bits per heavy atom. The van der Waals surface area contributed by atoms with Gasteiger partial charge in [-0.2, -0.15) is 5.10 Å². The molecule has 3 rings (SSSR count). The lowest BCUT2D eigenvalue weighted by molar-refractivity contribution is 0.241. The van der Waals surface area contributed by atoms with Crippen LogP contribution in [-0.4, -0.2) is 25.9 Å². The molecule has 2 heterocycles. The molecule has 0 aliphatic carbocycles. The highest BCUT2D eigenvalue weighted by atomic mass is 16.5. The average molecular weight is 337 g/mol. The van der Waals surface area contributed by atoms with E-state index in [2.05, 4.69) is 26.4 Å². The minimum atomic E-state index is 0.153. The highest BCUT2D eigenvalue weighted by Gasteiger charge is 2.10. The smallest absolute Gasteiger partial charge is 0.227 e. The van der Waals surface area contributed by atoms with E-state index in [1.54, 1.807) is 10.9 Å². The number of anilines is 2. The molecule has 0 spiro atoms. The average Bonchev–Trinajstić information content (AvgIpc) is 2.96. The van der Waals surface area contributed by atoms with Gasteiger partial charge in [0.1, 0.15) is 5.75 Å². The summed E-state index contributed by atoms with van der Waals surface area (Å²) in [7, 11) is 1.87. The molecule has 6 heteroatoms. The maximum absolute atomic E-state index is 5.82. The molecule has 0 atom stereocenters. The van der Waals surface area contributed by atoms with Crippen molar-refractivity contribution in [2.24, 2.45) is 7.05 Å². The summed E-state index contributed by atoms with van der Waals surface area (Å²) in [5.74, 6) is 1.45. The Kier molecular flexibility index (Phi) is 4.70. The number of benzene rings is 1. The van der Waals surface area contributed by atoms with Gasteiger partial charge >= 0.3 is 0 Å². The number of hydrogen-bond acceptors (Lipinski definition) is 5. The third-order valence-corrected chi connectivity index (χ3v) is 3.74. The summed E-state index contributed by atoms with van der Waals surface area (Å²) in [5, 5.41) is 7.32.